The van der Waals surface area contributed by atoms with Crippen LogP contribution in [0.25, 0.3) is 0 Å². The number of ketones is 1. The van der Waals surface area contributed by atoms with E-state index >= 15 is 0 Å². The van der Waals surface area contributed by atoms with Crippen molar-refractivity contribution in [1.82, 2.24) is 0 Å². The summed E-state index contributed by atoms with van der Waals surface area (Å²) in [6.45, 7) is 2.26. The summed E-state index contributed by atoms with van der Waals surface area (Å²) in [7, 11) is 0. The molecular weight excluding hydrogens is 232 g/mol. The normalized spacial score (nSPS) is 27.2. The second-order valence-electron chi connectivity index (χ2n) is 5.27. The van der Waals surface area contributed by atoms with Gasteiger partial charge in [-0.2, -0.15) is 0 Å². The Balaban J connectivity index is 2.17. The van der Waals surface area contributed by atoms with E-state index in [1.54, 1.807) is 0 Å². The van der Waals surface area contributed by atoms with Gasteiger partial charge in [-0.15, -0.1) is 0 Å². The highest BCUT2D eigenvalue weighted by Gasteiger charge is 2.38. The molecule has 0 unspecified atom stereocenters. The van der Waals surface area contributed by atoms with E-state index in [9.17, 15) is 4.79 Å². The molecule has 0 radical (unpaired) electrons. The molecule has 1 aromatic rings. The number of hydrogen-bond donors (Lipinski definition) is 0. The van der Waals surface area contributed by atoms with Crippen LogP contribution in [0, 0.1) is 0 Å². The van der Waals surface area contributed by atoms with Crippen LogP contribution in [-0.2, 0) is 16.6 Å². The maximum Gasteiger partial charge on any atom is 0.155 e. The molecule has 0 spiro atoms. The summed E-state index contributed by atoms with van der Waals surface area (Å²) in [5, 5.41) is 0.812. The van der Waals surface area contributed by atoms with Crippen molar-refractivity contribution in [3.05, 3.63) is 46.0 Å². The van der Waals surface area contributed by atoms with E-state index in [0.29, 0.717) is 6.42 Å². The van der Waals surface area contributed by atoms with Crippen LogP contribution >= 0.6 is 11.6 Å². The lowest BCUT2D eigenvalue weighted by Gasteiger charge is -2.40. The second kappa shape index (κ2) is 3.71. The summed E-state index contributed by atoms with van der Waals surface area (Å²) < 4.78 is 0. The second-order valence-corrected chi connectivity index (χ2v) is 5.71. The highest BCUT2D eigenvalue weighted by atomic mass is 35.5. The van der Waals surface area contributed by atoms with Crippen molar-refractivity contribution in [1.29, 1.82) is 0 Å². The molecule has 0 heterocycles. The Hall–Kier alpha value is -1.08. The number of rotatable bonds is 0. The molecule has 3 rings (SSSR count). The Morgan fingerprint density at radius 1 is 1.24 bits per heavy atom. The first-order valence-corrected chi connectivity index (χ1v) is 6.50. The molecule has 0 N–H and O–H groups in total. The Labute approximate surface area is 106 Å². The molecule has 0 bridgehead atoms. The molecule has 1 aromatic carbocycles. The summed E-state index contributed by atoms with van der Waals surface area (Å²) >= 11 is 6.05. The third kappa shape index (κ3) is 1.64. The van der Waals surface area contributed by atoms with Crippen LogP contribution in [0.15, 0.2) is 29.8 Å². The molecule has 0 saturated heterocycles. The van der Waals surface area contributed by atoms with Crippen LogP contribution in [0.5, 0.6) is 0 Å². The molecule has 17 heavy (non-hydrogen) atoms. The molecule has 2 aliphatic rings. The number of allylic oxidation sites excluding steroid dienone is 2. The standard InChI is InChI=1S/C15H15ClO/c1-15-7-6-13(17)9-11(15)3-2-10-8-12(16)4-5-14(10)15/h4-5,8-9H,2-3,6-7H2,1H3/t15-/m0/s1. The van der Waals surface area contributed by atoms with Gasteiger partial charge in [-0.25, -0.2) is 0 Å². The molecule has 2 heteroatoms. The summed E-state index contributed by atoms with van der Waals surface area (Å²) in [6.07, 6.45) is 5.48. The SMILES string of the molecule is C[C@]12CCC(=O)C=C1CCc1cc(Cl)ccc12. The quantitative estimate of drug-likeness (QED) is 0.680. The fourth-order valence-electron chi connectivity index (χ4n) is 3.19. The summed E-state index contributed by atoms with van der Waals surface area (Å²) in [6, 6.07) is 6.18. The molecule has 0 saturated carbocycles. The minimum Gasteiger partial charge on any atom is -0.295 e. The molecule has 88 valence electrons. The largest absolute Gasteiger partial charge is 0.295 e. The van der Waals surface area contributed by atoms with Crippen LogP contribution in [0.1, 0.15) is 37.3 Å². The zero-order valence-corrected chi connectivity index (χ0v) is 10.7. The average molecular weight is 247 g/mol. The van der Waals surface area contributed by atoms with Crippen molar-refractivity contribution in [3.8, 4) is 0 Å². The molecule has 0 aromatic heterocycles. The lowest BCUT2D eigenvalue weighted by atomic mass is 9.63. The van der Waals surface area contributed by atoms with E-state index in [2.05, 4.69) is 19.1 Å². The highest BCUT2D eigenvalue weighted by molar-refractivity contribution is 6.30. The smallest absolute Gasteiger partial charge is 0.155 e. The summed E-state index contributed by atoms with van der Waals surface area (Å²) in [5.74, 6) is 0.287. The summed E-state index contributed by atoms with van der Waals surface area (Å²) in [5.41, 5.74) is 4.09. The Morgan fingerprint density at radius 2 is 2.06 bits per heavy atom. The predicted molar refractivity (Wildman–Crippen MR) is 69.4 cm³/mol. The van der Waals surface area contributed by atoms with Crippen molar-refractivity contribution < 1.29 is 4.79 Å². The van der Waals surface area contributed by atoms with Gasteiger partial charge in [0.25, 0.3) is 0 Å². The molecular formula is C15H15ClO. The van der Waals surface area contributed by atoms with Crippen molar-refractivity contribution in [2.45, 2.75) is 38.0 Å². The van der Waals surface area contributed by atoms with Crippen molar-refractivity contribution >= 4 is 17.4 Å². The molecule has 0 amide bonds. The summed E-state index contributed by atoms with van der Waals surface area (Å²) in [4.78, 5) is 11.5. The Morgan fingerprint density at radius 3 is 2.88 bits per heavy atom. The van der Waals surface area contributed by atoms with Crippen LogP contribution in [0.3, 0.4) is 0 Å². The Bertz CT molecular complexity index is 530. The van der Waals surface area contributed by atoms with Gasteiger partial charge in [-0.05, 0) is 48.6 Å². The number of carbonyl (C=O) groups excluding carboxylic acids is 1. The minimum atomic E-state index is 0.0616. The van der Waals surface area contributed by atoms with Crippen molar-refractivity contribution in [2.24, 2.45) is 0 Å². The number of fused-ring (bicyclic) bond motifs is 3. The van der Waals surface area contributed by atoms with Gasteiger partial charge in [-0.1, -0.05) is 30.2 Å². The van der Waals surface area contributed by atoms with Gasteiger partial charge >= 0.3 is 0 Å². The fourth-order valence-corrected chi connectivity index (χ4v) is 3.39. The molecule has 1 atom stereocenters. The topological polar surface area (TPSA) is 17.1 Å². The first-order valence-electron chi connectivity index (χ1n) is 6.12. The number of aryl methyl sites for hydroxylation is 1. The van der Waals surface area contributed by atoms with Gasteiger partial charge in [-0.3, -0.25) is 4.79 Å². The van der Waals surface area contributed by atoms with Crippen molar-refractivity contribution in [3.63, 3.8) is 0 Å². The minimum absolute atomic E-state index is 0.0616. The van der Waals surface area contributed by atoms with Crippen LogP contribution in [0.4, 0.5) is 0 Å². The number of benzene rings is 1. The average Bonchev–Trinajstić information content (AvgIpc) is 2.30. The third-order valence-corrected chi connectivity index (χ3v) is 4.48. The first kappa shape index (κ1) is 11.0. The van der Waals surface area contributed by atoms with E-state index in [-0.39, 0.29) is 11.2 Å². The Kier molecular flexibility index (Phi) is 2.41. The number of halogens is 1. The maximum absolute atomic E-state index is 11.5. The zero-order valence-electron chi connectivity index (χ0n) is 9.92. The first-order chi connectivity index (χ1) is 8.09. The lowest BCUT2D eigenvalue weighted by Crippen LogP contribution is -2.34. The van der Waals surface area contributed by atoms with Crippen molar-refractivity contribution in [2.75, 3.05) is 0 Å². The van der Waals surface area contributed by atoms with Crippen LogP contribution in [0.2, 0.25) is 5.02 Å². The lowest BCUT2D eigenvalue weighted by molar-refractivity contribution is -0.115. The van der Waals surface area contributed by atoms with E-state index in [1.807, 2.05) is 12.1 Å². The van der Waals surface area contributed by atoms with Gasteiger partial charge < -0.3 is 0 Å². The van der Waals surface area contributed by atoms with Gasteiger partial charge in [0.2, 0.25) is 0 Å². The monoisotopic (exact) mass is 246 g/mol. The van der Waals surface area contributed by atoms with Gasteiger partial charge in [0.05, 0.1) is 0 Å². The third-order valence-electron chi connectivity index (χ3n) is 4.24. The zero-order chi connectivity index (χ0) is 12.0. The van der Waals surface area contributed by atoms with Crippen LogP contribution < -0.4 is 0 Å². The molecule has 2 aliphatic carbocycles. The van der Waals surface area contributed by atoms with Gasteiger partial charge in [0.15, 0.2) is 5.78 Å². The molecule has 0 aliphatic heterocycles. The van der Waals surface area contributed by atoms with E-state index in [4.69, 9.17) is 11.6 Å². The van der Waals surface area contributed by atoms with E-state index in [0.717, 1.165) is 24.3 Å². The van der Waals surface area contributed by atoms with Gasteiger partial charge in [0, 0.05) is 16.9 Å². The van der Waals surface area contributed by atoms with E-state index < -0.39 is 0 Å². The van der Waals surface area contributed by atoms with Crippen LogP contribution in [-0.4, -0.2) is 5.78 Å². The fraction of sp³-hybridized carbons (Fsp3) is 0.400. The number of carbonyl (C=O) groups is 1. The predicted octanol–water partition coefficient (Wildman–Crippen LogP) is 3.83. The maximum atomic E-state index is 11.5. The molecule has 0 fully saturated rings. The number of hydrogen-bond acceptors (Lipinski definition) is 1. The highest BCUT2D eigenvalue weighted by Crippen LogP contribution is 2.46. The molecule has 1 nitrogen and oxygen atoms in total. The van der Waals surface area contributed by atoms with E-state index in [1.165, 1.54) is 16.7 Å². The van der Waals surface area contributed by atoms with Gasteiger partial charge in [0.1, 0.15) is 0 Å².